The number of ketones is 1. The van der Waals surface area contributed by atoms with Gasteiger partial charge in [0.05, 0.1) is 0 Å². The van der Waals surface area contributed by atoms with Gasteiger partial charge in [-0.2, -0.15) is 13.2 Å². The van der Waals surface area contributed by atoms with Gasteiger partial charge in [0.2, 0.25) is 0 Å². The summed E-state index contributed by atoms with van der Waals surface area (Å²) >= 11 is 5.49. The van der Waals surface area contributed by atoms with Crippen LogP contribution in [0, 0.1) is 5.82 Å². The molecule has 0 aliphatic rings. The molecular weight excluding hydrogens is 274 g/mol. The predicted octanol–water partition coefficient (Wildman–Crippen LogP) is 2.87. The van der Waals surface area contributed by atoms with Gasteiger partial charge in [-0.25, -0.2) is 4.39 Å². The summed E-state index contributed by atoms with van der Waals surface area (Å²) in [5.41, 5.74) is 1.77. The number of Topliss-reactive ketones (excluding diaryl/α,β-unsaturated/α-hetero) is 1. The molecule has 100 valence electrons. The summed E-state index contributed by atoms with van der Waals surface area (Å²) in [6, 6.07) is 3.36. The highest BCUT2D eigenvalue weighted by Crippen LogP contribution is 2.30. The molecule has 7 heteroatoms. The minimum absolute atomic E-state index is 0.0926. The van der Waals surface area contributed by atoms with Crippen molar-refractivity contribution in [3.63, 3.8) is 0 Å². The van der Waals surface area contributed by atoms with Crippen LogP contribution in [0.4, 0.5) is 17.6 Å². The summed E-state index contributed by atoms with van der Waals surface area (Å²) < 4.78 is 50.8. The number of halogens is 5. The average Bonchev–Trinajstić information content (AvgIpc) is 2.20. The van der Waals surface area contributed by atoms with Gasteiger partial charge in [0.1, 0.15) is 5.82 Å². The van der Waals surface area contributed by atoms with Crippen LogP contribution in [0.2, 0.25) is 5.02 Å². The van der Waals surface area contributed by atoms with Crippen molar-refractivity contribution in [1.29, 1.82) is 0 Å². The number of carbonyl (C=O) groups is 1. The van der Waals surface area contributed by atoms with E-state index in [1.165, 1.54) is 6.07 Å². The molecule has 0 aliphatic heterocycles. The number of carbonyl (C=O) groups excluding carboxylic acids is 1. The summed E-state index contributed by atoms with van der Waals surface area (Å²) in [6.45, 7) is 0.559. The second kappa shape index (κ2) is 4.85. The Kier molecular flexibility index (Phi) is 4.02. The standard InChI is InChI=1S/C11H10ClF4NO/c1-10(17,11(14,15)16)9(18)4-6-2-3-7(12)5-8(6)13/h2-3,5H,4,17H2,1H3. The average molecular weight is 284 g/mol. The van der Waals surface area contributed by atoms with Gasteiger partial charge in [0.25, 0.3) is 0 Å². The molecule has 2 N–H and O–H groups in total. The van der Waals surface area contributed by atoms with Crippen molar-refractivity contribution in [1.82, 2.24) is 0 Å². The molecule has 0 heterocycles. The molecule has 1 rings (SSSR count). The minimum atomic E-state index is -4.88. The monoisotopic (exact) mass is 283 g/mol. The van der Waals surface area contributed by atoms with E-state index in [4.69, 9.17) is 17.3 Å². The fraction of sp³-hybridized carbons (Fsp3) is 0.364. The van der Waals surface area contributed by atoms with Crippen molar-refractivity contribution in [2.24, 2.45) is 5.73 Å². The van der Waals surface area contributed by atoms with Gasteiger partial charge < -0.3 is 5.73 Å². The van der Waals surface area contributed by atoms with Gasteiger partial charge in [-0.3, -0.25) is 4.79 Å². The minimum Gasteiger partial charge on any atom is -0.312 e. The second-order valence-corrected chi connectivity index (χ2v) is 4.47. The van der Waals surface area contributed by atoms with Crippen LogP contribution in [-0.2, 0) is 11.2 Å². The van der Waals surface area contributed by atoms with Crippen molar-refractivity contribution in [2.75, 3.05) is 0 Å². The smallest absolute Gasteiger partial charge is 0.312 e. The molecule has 0 saturated carbocycles. The van der Waals surface area contributed by atoms with Crippen molar-refractivity contribution in [2.45, 2.75) is 25.1 Å². The molecule has 0 spiro atoms. The molecule has 0 bridgehead atoms. The normalized spacial score (nSPS) is 15.3. The van der Waals surface area contributed by atoms with E-state index < -0.39 is 29.7 Å². The number of rotatable bonds is 3. The number of hydrogen-bond donors (Lipinski definition) is 1. The first-order valence-electron chi connectivity index (χ1n) is 4.88. The van der Waals surface area contributed by atoms with Crippen LogP contribution in [0.5, 0.6) is 0 Å². The SMILES string of the molecule is CC(N)(C(=O)Cc1ccc(Cl)cc1F)C(F)(F)F. The van der Waals surface area contributed by atoms with E-state index >= 15 is 0 Å². The summed E-state index contributed by atoms with van der Waals surface area (Å²) in [5, 5.41) is 0.0926. The van der Waals surface area contributed by atoms with Gasteiger partial charge in [-0.1, -0.05) is 17.7 Å². The molecule has 1 atom stereocenters. The molecule has 1 unspecified atom stereocenters. The van der Waals surface area contributed by atoms with E-state index in [2.05, 4.69) is 0 Å². The number of benzene rings is 1. The Hall–Kier alpha value is -1.14. The molecule has 1 aromatic rings. The van der Waals surface area contributed by atoms with Gasteiger partial charge in [-0.05, 0) is 24.6 Å². The molecule has 0 aromatic heterocycles. The van der Waals surface area contributed by atoms with Gasteiger partial charge in [0.15, 0.2) is 11.3 Å². The highest BCUT2D eigenvalue weighted by atomic mass is 35.5. The lowest BCUT2D eigenvalue weighted by Crippen LogP contribution is -2.57. The molecule has 0 saturated heterocycles. The topological polar surface area (TPSA) is 43.1 Å². The van der Waals surface area contributed by atoms with Crippen molar-refractivity contribution in [3.8, 4) is 0 Å². The summed E-state index contributed by atoms with van der Waals surface area (Å²) in [4.78, 5) is 11.5. The van der Waals surface area contributed by atoms with Crippen LogP contribution in [0.1, 0.15) is 12.5 Å². The van der Waals surface area contributed by atoms with Gasteiger partial charge in [0, 0.05) is 11.4 Å². The maximum Gasteiger partial charge on any atom is 0.413 e. The van der Waals surface area contributed by atoms with Gasteiger partial charge in [-0.15, -0.1) is 0 Å². The third-order valence-corrected chi connectivity index (χ3v) is 2.77. The van der Waals surface area contributed by atoms with E-state index in [-0.39, 0.29) is 10.6 Å². The maximum atomic E-state index is 13.3. The Morgan fingerprint density at radius 1 is 1.39 bits per heavy atom. The van der Waals surface area contributed by atoms with Crippen LogP contribution >= 0.6 is 11.6 Å². The molecule has 1 aromatic carbocycles. The molecule has 0 fully saturated rings. The predicted molar refractivity (Wildman–Crippen MR) is 58.8 cm³/mol. The molecule has 18 heavy (non-hydrogen) atoms. The molecule has 0 amide bonds. The zero-order valence-electron chi connectivity index (χ0n) is 9.31. The first-order chi connectivity index (χ1) is 8.05. The first kappa shape index (κ1) is 14.9. The van der Waals surface area contributed by atoms with E-state index in [0.717, 1.165) is 12.1 Å². The zero-order chi connectivity index (χ0) is 14.1. The summed E-state index contributed by atoms with van der Waals surface area (Å²) in [5.74, 6) is -2.15. The summed E-state index contributed by atoms with van der Waals surface area (Å²) in [7, 11) is 0. The molecule has 0 radical (unpaired) electrons. The quantitative estimate of drug-likeness (QED) is 0.867. The highest BCUT2D eigenvalue weighted by molar-refractivity contribution is 6.30. The number of alkyl halides is 3. The van der Waals surface area contributed by atoms with Crippen LogP contribution in [-0.4, -0.2) is 17.5 Å². The lowest BCUT2D eigenvalue weighted by Gasteiger charge is -2.26. The lowest BCUT2D eigenvalue weighted by atomic mass is 9.92. The van der Waals surface area contributed by atoms with Crippen molar-refractivity contribution in [3.05, 3.63) is 34.6 Å². The van der Waals surface area contributed by atoms with Crippen LogP contribution < -0.4 is 5.73 Å². The second-order valence-electron chi connectivity index (χ2n) is 4.04. The third kappa shape index (κ3) is 3.00. The number of nitrogens with two attached hydrogens (primary N) is 1. The first-order valence-corrected chi connectivity index (χ1v) is 5.26. The van der Waals surface area contributed by atoms with E-state index in [9.17, 15) is 22.4 Å². The lowest BCUT2D eigenvalue weighted by molar-refractivity contribution is -0.185. The Balaban J connectivity index is 2.95. The fourth-order valence-electron chi connectivity index (χ4n) is 1.18. The Bertz CT molecular complexity index is 471. The van der Waals surface area contributed by atoms with E-state index in [1.54, 1.807) is 0 Å². The summed E-state index contributed by atoms with van der Waals surface area (Å²) in [6.07, 6.45) is -5.62. The molecule has 0 aliphatic carbocycles. The molecule has 2 nitrogen and oxygen atoms in total. The van der Waals surface area contributed by atoms with Crippen LogP contribution in [0.3, 0.4) is 0 Å². The van der Waals surface area contributed by atoms with E-state index in [1.807, 2.05) is 0 Å². The Labute approximate surface area is 106 Å². The third-order valence-electron chi connectivity index (χ3n) is 2.53. The van der Waals surface area contributed by atoms with Crippen molar-refractivity contribution >= 4 is 17.4 Å². The van der Waals surface area contributed by atoms with Gasteiger partial charge >= 0.3 is 6.18 Å². The van der Waals surface area contributed by atoms with E-state index in [0.29, 0.717) is 6.92 Å². The van der Waals surface area contributed by atoms with Crippen LogP contribution in [0.15, 0.2) is 18.2 Å². The molecular formula is C11H10ClF4NO. The zero-order valence-corrected chi connectivity index (χ0v) is 10.1. The number of hydrogen-bond acceptors (Lipinski definition) is 2. The Morgan fingerprint density at radius 2 is 1.94 bits per heavy atom. The fourth-order valence-corrected chi connectivity index (χ4v) is 1.34. The van der Waals surface area contributed by atoms with Crippen molar-refractivity contribution < 1.29 is 22.4 Å². The highest BCUT2D eigenvalue weighted by Gasteiger charge is 2.53. The maximum absolute atomic E-state index is 13.3. The largest absolute Gasteiger partial charge is 0.413 e. The van der Waals surface area contributed by atoms with Crippen LogP contribution in [0.25, 0.3) is 0 Å². The Morgan fingerprint density at radius 3 is 2.39 bits per heavy atom.